The summed E-state index contributed by atoms with van der Waals surface area (Å²) in [5.41, 5.74) is 2.04. The molecule has 0 bridgehead atoms. The minimum atomic E-state index is 0.478. The largest absolute Gasteiger partial charge is 0.437 e. The number of aryl methyl sites for hydroxylation is 2. The highest BCUT2D eigenvalue weighted by molar-refractivity contribution is 6.30. The lowest BCUT2D eigenvalue weighted by molar-refractivity contribution is -0.106. The first kappa shape index (κ1) is 16.1. The summed E-state index contributed by atoms with van der Waals surface area (Å²) in [5.74, 6) is 1.09. The number of carbonyl (C=O) groups is 1. The van der Waals surface area contributed by atoms with Crippen LogP contribution in [0, 0.1) is 6.92 Å². The average Bonchev–Trinajstić information content (AvgIpc) is 2.86. The molecular weight excluding hydrogens is 326 g/mol. The highest BCUT2D eigenvalue weighted by Gasteiger charge is 2.22. The second-order valence-electron chi connectivity index (χ2n) is 5.23. The SMILES string of the molecule is Cc1nn(C)c(Oc2ccc(Cl)cc2)c1N(C=O)c1ccccc1. The first-order valence-electron chi connectivity index (χ1n) is 7.36. The molecule has 1 heterocycles. The molecule has 1 amide bonds. The number of aromatic nitrogens is 2. The Morgan fingerprint density at radius 3 is 2.42 bits per heavy atom. The Bertz CT molecular complexity index is 845. The van der Waals surface area contributed by atoms with E-state index in [0.717, 1.165) is 12.1 Å². The van der Waals surface area contributed by atoms with E-state index in [2.05, 4.69) is 5.10 Å². The number of ether oxygens (including phenoxy) is 1. The number of halogens is 1. The summed E-state index contributed by atoms with van der Waals surface area (Å²) in [7, 11) is 1.77. The second-order valence-corrected chi connectivity index (χ2v) is 5.67. The lowest BCUT2D eigenvalue weighted by atomic mass is 10.2. The fourth-order valence-electron chi connectivity index (χ4n) is 2.46. The van der Waals surface area contributed by atoms with Crippen molar-refractivity contribution in [2.75, 3.05) is 4.90 Å². The standard InChI is InChI=1S/C18H16ClN3O2/c1-13-17(22(12-23)15-6-4-3-5-7-15)18(21(2)20-13)24-16-10-8-14(19)9-11-16/h3-12H,1-2H3. The molecule has 6 heteroatoms. The molecule has 0 saturated carbocycles. The fourth-order valence-corrected chi connectivity index (χ4v) is 2.59. The third kappa shape index (κ3) is 3.12. The molecule has 0 aliphatic heterocycles. The molecule has 0 spiro atoms. The van der Waals surface area contributed by atoms with Crippen molar-refractivity contribution in [2.45, 2.75) is 6.92 Å². The van der Waals surface area contributed by atoms with Crippen LogP contribution in [0.3, 0.4) is 0 Å². The maximum atomic E-state index is 11.7. The van der Waals surface area contributed by atoms with Crippen molar-refractivity contribution in [3.63, 3.8) is 0 Å². The number of amides is 1. The van der Waals surface area contributed by atoms with Crippen molar-refractivity contribution in [1.29, 1.82) is 0 Å². The smallest absolute Gasteiger partial charge is 0.242 e. The number of hydrogen-bond acceptors (Lipinski definition) is 3. The Hall–Kier alpha value is -2.79. The van der Waals surface area contributed by atoms with Crippen LogP contribution in [0.25, 0.3) is 0 Å². The van der Waals surface area contributed by atoms with Crippen molar-refractivity contribution < 1.29 is 9.53 Å². The summed E-state index contributed by atoms with van der Waals surface area (Å²) in [4.78, 5) is 13.3. The normalized spacial score (nSPS) is 10.5. The number of benzene rings is 2. The van der Waals surface area contributed by atoms with Crippen LogP contribution >= 0.6 is 11.6 Å². The van der Waals surface area contributed by atoms with Crippen molar-refractivity contribution in [3.8, 4) is 11.6 Å². The quantitative estimate of drug-likeness (QED) is 0.643. The van der Waals surface area contributed by atoms with Crippen molar-refractivity contribution in [1.82, 2.24) is 9.78 Å². The summed E-state index contributed by atoms with van der Waals surface area (Å²) in [6, 6.07) is 16.4. The third-order valence-corrected chi connectivity index (χ3v) is 3.80. The van der Waals surface area contributed by atoms with Crippen LogP contribution in [0.1, 0.15) is 5.69 Å². The van der Waals surface area contributed by atoms with Gasteiger partial charge >= 0.3 is 0 Å². The number of hydrogen-bond donors (Lipinski definition) is 0. The van der Waals surface area contributed by atoms with E-state index in [4.69, 9.17) is 16.3 Å². The number of rotatable bonds is 5. The molecule has 0 saturated heterocycles. The fraction of sp³-hybridized carbons (Fsp3) is 0.111. The van der Waals surface area contributed by atoms with Crippen molar-refractivity contribution in [2.24, 2.45) is 7.05 Å². The summed E-state index contributed by atoms with van der Waals surface area (Å²) in [6.07, 6.45) is 0.758. The molecule has 0 fully saturated rings. The topological polar surface area (TPSA) is 47.4 Å². The predicted octanol–water partition coefficient (Wildman–Crippen LogP) is 4.47. The van der Waals surface area contributed by atoms with Crippen LogP contribution in [0.5, 0.6) is 11.6 Å². The number of anilines is 2. The number of para-hydroxylation sites is 1. The number of nitrogens with zero attached hydrogens (tertiary/aromatic N) is 3. The van der Waals surface area contributed by atoms with E-state index < -0.39 is 0 Å². The zero-order valence-corrected chi connectivity index (χ0v) is 14.1. The van der Waals surface area contributed by atoms with Crippen LogP contribution in [-0.2, 0) is 11.8 Å². The Morgan fingerprint density at radius 2 is 1.79 bits per heavy atom. The van der Waals surface area contributed by atoms with Gasteiger partial charge in [0, 0.05) is 17.8 Å². The third-order valence-electron chi connectivity index (χ3n) is 3.55. The van der Waals surface area contributed by atoms with Crippen LogP contribution in [-0.4, -0.2) is 16.2 Å². The Morgan fingerprint density at radius 1 is 1.12 bits per heavy atom. The zero-order valence-electron chi connectivity index (χ0n) is 13.3. The molecule has 0 radical (unpaired) electrons. The van der Waals surface area contributed by atoms with Gasteiger partial charge in [-0.05, 0) is 43.3 Å². The molecule has 3 aromatic rings. The zero-order chi connectivity index (χ0) is 17.1. The molecule has 122 valence electrons. The van der Waals surface area contributed by atoms with Gasteiger partial charge in [-0.3, -0.25) is 9.69 Å². The van der Waals surface area contributed by atoms with Crippen LogP contribution in [0.2, 0.25) is 5.02 Å². The number of carbonyl (C=O) groups excluding carboxylic acids is 1. The van der Waals surface area contributed by atoms with E-state index in [0.29, 0.717) is 28.0 Å². The summed E-state index contributed by atoms with van der Waals surface area (Å²) in [5, 5.41) is 5.01. The highest BCUT2D eigenvalue weighted by atomic mass is 35.5. The van der Waals surface area contributed by atoms with E-state index in [-0.39, 0.29) is 0 Å². The van der Waals surface area contributed by atoms with Crippen LogP contribution in [0.4, 0.5) is 11.4 Å². The minimum Gasteiger partial charge on any atom is -0.437 e. The molecular formula is C18H16ClN3O2. The van der Waals surface area contributed by atoms with Gasteiger partial charge in [0.15, 0.2) is 0 Å². The Balaban J connectivity index is 2.04. The van der Waals surface area contributed by atoms with E-state index >= 15 is 0 Å². The maximum Gasteiger partial charge on any atom is 0.242 e. The predicted molar refractivity (Wildman–Crippen MR) is 94.1 cm³/mol. The van der Waals surface area contributed by atoms with Gasteiger partial charge in [-0.15, -0.1) is 0 Å². The first-order chi connectivity index (χ1) is 11.6. The molecule has 5 nitrogen and oxygen atoms in total. The molecule has 0 aliphatic rings. The first-order valence-corrected chi connectivity index (χ1v) is 7.74. The summed E-state index contributed by atoms with van der Waals surface area (Å²) in [6.45, 7) is 1.84. The average molecular weight is 342 g/mol. The van der Waals surface area contributed by atoms with Gasteiger partial charge in [0.05, 0.1) is 5.69 Å². The molecule has 0 N–H and O–H groups in total. The highest BCUT2D eigenvalue weighted by Crippen LogP contribution is 2.38. The van der Waals surface area contributed by atoms with Gasteiger partial charge in [0.1, 0.15) is 11.4 Å². The van der Waals surface area contributed by atoms with Crippen molar-refractivity contribution in [3.05, 3.63) is 65.3 Å². The summed E-state index contributed by atoms with van der Waals surface area (Å²) < 4.78 is 7.57. The lowest BCUT2D eigenvalue weighted by Gasteiger charge is -2.18. The van der Waals surface area contributed by atoms with Gasteiger partial charge < -0.3 is 4.74 Å². The molecule has 0 aliphatic carbocycles. The molecule has 1 aromatic heterocycles. The van der Waals surface area contributed by atoms with E-state index in [1.165, 1.54) is 4.90 Å². The van der Waals surface area contributed by atoms with Gasteiger partial charge in [0.25, 0.3) is 0 Å². The molecule has 24 heavy (non-hydrogen) atoms. The van der Waals surface area contributed by atoms with Gasteiger partial charge in [-0.1, -0.05) is 29.8 Å². The van der Waals surface area contributed by atoms with Crippen LogP contribution < -0.4 is 9.64 Å². The lowest BCUT2D eigenvalue weighted by Crippen LogP contribution is -2.15. The van der Waals surface area contributed by atoms with Gasteiger partial charge in [-0.25, -0.2) is 4.68 Å². The van der Waals surface area contributed by atoms with Crippen LogP contribution in [0.15, 0.2) is 54.6 Å². The van der Waals surface area contributed by atoms with E-state index in [1.54, 1.807) is 36.0 Å². The molecule has 3 rings (SSSR count). The van der Waals surface area contributed by atoms with E-state index in [1.807, 2.05) is 37.3 Å². The second kappa shape index (κ2) is 6.76. The molecule has 2 aromatic carbocycles. The Kier molecular flexibility index (Phi) is 4.53. The monoisotopic (exact) mass is 341 g/mol. The summed E-state index contributed by atoms with van der Waals surface area (Å²) >= 11 is 5.91. The van der Waals surface area contributed by atoms with Crippen molar-refractivity contribution >= 4 is 29.4 Å². The van der Waals surface area contributed by atoms with Gasteiger partial charge in [-0.2, -0.15) is 5.10 Å². The molecule has 0 atom stereocenters. The maximum absolute atomic E-state index is 11.7. The molecule has 0 unspecified atom stereocenters. The Labute approximate surface area is 145 Å². The van der Waals surface area contributed by atoms with Gasteiger partial charge in [0.2, 0.25) is 12.3 Å². The van der Waals surface area contributed by atoms with E-state index in [9.17, 15) is 4.79 Å². The minimum absolute atomic E-state index is 0.478.